The minimum Gasteiger partial charge on any atom is -0.481 e. The molecule has 0 aromatic rings. The summed E-state index contributed by atoms with van der Waals surface area (Å²) >= 11 is 0. The highest BCUT2D eigenvalue weighted by Gasteiger charge is 2.22. The number of unbranched alkanes of at least 4 members (excludes halogenated alkanes) is 7. The van der Waals surface area contributed by atoms with Crippen LogP contribution in [0.2, 0.25) is 0 Å². The molecule has 1 N–H and O–H groups in total. The lowest BCUT2D eigenvalue weighted by Crippen LogP contribution is -2.33. The van der Waals surface area contributed by atoms with E-state index in [9.17, 15) is 14.7 Å². The number of carboxylic acids is 1. The number of carboxylic acid groups (broad SMARTS) is 1. The molecule has 1 amide bonds. The molecule has 25 heavy (non-hydrogen) atoms. The van der Waals surface area contributed by atoms with Crippen LogP contribution in [0.4, 0.5) is 0 Å². The van der Waals surface area contributed by atoms with Crippen LogP contribution < -0.4 is 0 Å². The second-order valence-corrected chi connectivity index (χ2v) is 6.76. The van der Waals surface area contributed by atoms with Crippen LogP contribution in [0.25, 0.3) is 0 Å². The van der Waals surface area contributed by atoms with Gasteiger partial charge >= 0.3 is 5.97 Å². The molecular formula is C21H39NO3. The number of rotatable bonds is 16. The van der Waals surface area contributed by atoms with E-state index in [1.54, 1.807) is 4.90 Å². The Morgan fingerprint density at radius 1 is 0.880 bits per heavy atom. The average molecular weight is 354 g/mol. The minimum atomic E-state index is -0.860. The Labute approximate surface area is 154 Å². The maximum Gasteiger partial charge on any atom is 0.307 e. The van der Waals surface area contributed by atoms with Crippen molar-refractivity contribution in [2.24, 2.45) is 5.92 Å². The number of nitrogens with zero attached hydrogens (tertiary/aromatic N) is 1. The largest absolute Gasteiger partial charge is 0.481 e. The first-order valence-corrected chi connectivity index (χ1v) is 10.2. The van der Waals surface area contributed by atoms with E-state index < -0.39 is 11.9 Å². The first-order chi connectivity index (χ1) is 12.1. The summed E-state index contributed by atoms with van der Waals surface area (Å²) in [7, 11) is 0. The van der Waals surface area contributed by atoms with Crippen LogP contribution >= 0.6 is 0 Å². The van der Waals surface area contributed by atoms with Gasteiger partial charge in [-0.25, -0.2) is 0 Å². The van der Waals surface area contributed by atoms with Crippen molar-refractivity contribution in [1.82, 2.24) is 4.90 Å². The summed E-state index contributed by atoms with van der Waals surface area (Å²) in [5.41, 5.74) is 0. The molecule has 4 heteroatoms. The number of carbonyl (C=O) groups excluding carboxylic acids is 1. The first-order valence-electron chi connectivity index (χ1n) is 10.2. The van der Waals surface area contributed by atoms with Gasteiger partial charge in [-0.05, 0) is 39.5 Å². The van der Waals surface area contributed by atoms with Gasteiger partial charge in [0.25, 0.3) is 0 Å². The van der Waals surface area contributed by atoms with Crippen molar-refractivity contribution in [1.29, 1.82) is 0 Å². The smallest absolute Gasteiger partial charge is 0.307 e. The van der Waals surface area contributed by atoms with E-state index in [1.807, 2.05) is 13.8 Å². The molecule has 0 aromatic carbocycles. The molecule has 1 unspecified atom stereocenters. The van der Waals surface area contributed by atoms with Crippen molar-refractivity contribution in [2.75, 3.05) is 13.1 Å². The van der Waals surface area contributed by atoms with Crippen LogP contribution in [0.3, 0.4) is 0 Å². The number of allylic oxidation sites excluding steroid dienone is 2. The van der Waals surface area contributed by atoms with Gasteiger partial charge in [-0.3, -0.25) is 9.59 Å². The van der Waals surface area contributed by atoms with Crippen LogP contribution in [0.15, 0.2) is 12.2 Å². The van der Waals surface area contributed by atoms with Gasteiger partial charge in [0.1, 0.15) is 0 Å². The molecule has 0 spiro atoms. The maximum atomic E-state index is 12.1. The molecule has 146 valence electrons. The second-order valence-electron chi connectivity index (χ2n) is 6.76. The van der Waals surface area contributed by atoms with Gasteiger partial charge in [-0.2, -0.15) is 0 Å². The third-order valence-corrected chi connectivity index (χ3v) is 4.71. The minimum absolute atomic E-state index is 0.0514. The molecule has 0 aromatic heterocycles. The van der Waals surface area contributed by atoms with E-state index in [0.29, 0.717) is 19.5 Å². The Morgan fingerprint density at radius 3 is 2.00 bits per heavy atom. The standard InChI is InChI=1S/C21H39NO3/c1-4-7-8-9-10-11-12-13-14-15-16-17-19(21(24)25)18-20(23)22(5-2)6-3/h14-15,19H,4-13,16-18H2,1-3H3,(H,24,25)/b15-14+. The van der Waals surface area contributed by atoms with Gasteiger partial charge in [-0.15, -0.1) is 0 Å². The van der Waals surface area contributed by atoms with Crippen molar-refractivity contribution in [2.45, 2.75) is 91.4 Å². The number of amides is 1. The van der Waals surface area contributed by atoms with Gasteiger partial charge in [0.15, 0.2) is 0 Å². The van der Waals surface area contributed by atoms with E-state index in [0.717, 1.165) is 12.8 Å². The van der Waals surface area contributed by atoms with Crippen LogP contribution in [0.5, 0.6) is 0 Å². The number of hydrogen-bond donors (Lipinski definition) is 1. The SMILES string of the molecule is CCCCCCCCC/C=C/CCC(CC(=O)N(CC)CC)C(=O)O. The normalized spacial score (nSPS) is 12.4. The molecule has 0 saturated carbocycles. The van der Waals surface area contributed by atoms with Gasteiger partial charge < -0.3 is 10.0 Å². The van der Waals surface area contributed by atoms with Crippen LogP contribution in [-0.4, -0.2) is 35.0 Å². The maximum absolute atomic E-state index is 12.1. The fourth-order valence-corrected chi connectivity index (χ4v) is 2.98. The molecule has 0 aliphatic rings. The van der Waals surface area contributed by atoms with E-state index in [2.05, 4.69) is 19.1 Å². The fraction of sp³-hybridized carbons (Fsp3) is 0.810. The van der Waals surface area contributed by atoms with Gasteiger partial charge in [0.05, 0.1) is 5.92 Å². The highest BCUT2D eigenvalue weighted by Crippen LogP contribution is 2.15. The first kappa shape index (κ1) is 23.7. The zero-order valence-corrected chi connectivity index (χ0v) is 16.6. The fourth-order valence-electron chi connectivity index (χ4n) is 2.98. The van der Waals surface area contributed by atoms with Crippen LogP contribution in [0, 0.1) is 5.92 Å². The lowest BCUT2D eigenvalue weighted by molar-refractivity contribution is -0.146. The molecule has 0 aliphatic heterocycles. The zero-order chi connectivity index (χ0) is 18.9. The summed E-state index contributed by atoms with van der Waals surface area (Å²) in [6.07, 6.45) is 15.9. The number of carbonyl (C=O) groups is 2. The molecule has 0 bridgehead atoms. The molecule has 0 rings (SSSR count). The van der Waals surface area contributed by atoms with E-state index >= 15 is 0 Å². The van der Waals surface area contributed by atoms with Crippen molar-refractivity contribution >= 4 is 11.9 Å². The molecule has 0 aliphatic carbocycles. The predicted octanol–water partition coefficient (Wildman–Crippen LogP) is 5.42. The second kappa shape index (κ2) is 16.2. The van der Waals surface area contributed by atoms with Crippen molar-refractivity contribution < 1.29 is 14.7 Å². The number of aliphatic carboxylic acids is 1. The summed E-state index contributed by atoms with van der Waals surface area (Å²) in [4.78, 5) is 25.1. The van der Waals surface area contributed by atoms with Crippen molar-refractivity contribution in [3.05, 3.63) is 12.2 Å². The molecule has 0 heterocycles. The molecular weight excluding hydrogens is 314 g/mol. The van der Waals surface area contributed by atoms with E-state index in [-0.39, 0.29) is 12.3 Å². The summed E-state index contributed by atoms with van der Waals surface area (Å²) in [6, 6.07) is 0. The zero-order valence-electron chi connectivity index (χ0n) is 16.6. The summed E-state index contributed by atoms with van der Waals surface area (Å²) in [6.45, 7) is 7.35. The number of hydrogen-bond acceptors (Lipinski definition) is 2. The Hall–Kier alpha value is -1.32. The Kier molecular flexibility index (Phi) is 15.3. The van der Waals surface area contributed by atoms with Gasteiger partial charge in [0.2, 0.25) is 5.91 Å². The Balaban J connectivity index is 3.89. The Bertz CT molecular complexity index is 375. The van der Waals surface area contributed by atoms with E-state index in [4.69, 9.17) is 0 Å². The van der Waals surface area contributed by atoms with Crippen LogP contribution in [-0.2, 0) is 9.59 Å². The monoisotopic (exact) mass is 353 g/mol. The highest BCUT2D eigenvalue weighted by molar-refractivity contribution is 5.82. The predicted molar refractivity (Wildman–Crippen MR) is 105 cm³/mol. The molecule has 0 fully saturated rings. The van der Waals surface area contributed by atoms with Crippen LogP contribution in [0.1, 0.15) is 91.4 Å². The molecule has 4 nitrogen and oxygen atoms in total. The topological polar surface area (TPSA) is 57.6 Å². The highest BCUT2D eigenvalue weighted by atomic mass is 16.4. The van der Waals surface area contributed by atoms with Gasteiger partial charge in [0, 0.05) is 19.5 Å². The summed E-state index contributed by atoms with van der Waals surface area (Å²) < 4.78 is 0. The van der Waals surface area contributed by atoms with Gasteiger partial charge in [-0.1, -0.05) is 57.6 Å². The molecule has 0 radical (unpaired) electrons. The average Bonchev–Trinajstić information content (AvgIpc) is 2.59. The lowest BCUT2D eigenvalue weighted by atomic mass is 9.98. The summed E-state index contributed by atoms with van der Waals surface area (Å²) in [5.74, 6) is -1.48. The lowest BCUT2D eigenvalue weighted by Gasteiger charge is -2.20. The third kappa shape index (κ3) is 12.7. The Morgan fingerprint density at radius 2 is 1.44 bits per heavy atom. The molecule has 1 atom stereocenters. The van der Waals surface area contributed by atoms with Crippen molar-refractivity contribution in [3.8, 4) is 0 Å². The van der Waals surface area contributed by atoms with Crippen molar-refractivity contribution in [3.63, 3.8) is 0 Å². The van der Waals surface area contributed by atoms with E-state index in [1.165, 1.54) is 44.9 Å². The molecule has 0 saturated heterocycles. The quantitative estimate of drug-likeness (QED) is 0.297. The third-order valence-electron chi connectivity index (χ3n) is 4.71. The summed E-state index contributed by atoms with van der Waals surface area (Å²) in [5, 5.41) is 9.32.